The largest absolute Gasteiger partial charge is 0.389 e. The van der Waals surface area contributed by atoms with Crippen LogP contribution in [-0.4, -0.2) is 11.2 Å². The monoisotopic (exact) mass is 152 g/mol. The molecule has 0 radical (unpaired) electrons. The topological polar surface area (TPSA) is 20.2 Å². The smallest absolute Gasteiger partial charge is 0.0750 e. The Bertz CT molecular complexity index is 158. The van der Waals surface area contributed by atoms with Gasteiger partial charge < -0.3 is 5.11 Å². The Morgan fingerprint density at radius 1 is 1.73 bits per heavy atom. The van der Waals surface area contributed by atoms with Crippen LogP contribution in [0.5, 0.6) is 0 Å². The van der Waals surface area contributed by atoms with Crippen molar-refractivity contribution in [3.8, 4) is 0 Å². The van der Waals surface area contributed by atoms with Crippen LogP contribution in [0.3, 0.4) is 0 Å². The summed E-state index contributed by atoms with van der Waals surface area (Å²) in [4.78, 5) is 0. The zero-order chi connectivity index (χ0) is 8.10. The predicted molar refractivity (Wildman–Crippen MR) is 47.4 cm³/mol. The van der Waals surface area contributed by atoms with Crippen molar-refractivity contribution in [3.05, 3.63) is 24.3 Å². The summed E-state index contributed by atoms with van der Waals surface area (Å²) in [7, 11) is 0. The first-order valence-electron chi connectivity index (χ1n) is 4.32. The van der Waals surface area contributed by atoms with Crippen LogP contribution in [0.15, 0.2) is 24.3 Å². The summed E-state index contributed by atoms with van der Waals surface area (Å²) < 4.78 is 0. The average Bonchev–Trinajstić information content (AvgIpc) is 2.03. The van der Waals surface area contributed by atoms with Gasteiger partial charge in [-0.3, -0.25) is 0 Å². The standard InChI is InChI=1S/C10H16O/c1-2-3-6-9-7-4-5-8-10(9)11/h2,7,10-11H,1,3-6,8H2/t10-/m1/s1. The first-order chi connectivity index (χ1) is 5.34. The maximum absolute atomic E-state index is 9.49. The predicted octanol–water partition coefficient (Wildman–Crippen LogP) is 2.42. The molecule has 62 valence electrons. The van der Waals surface area contributed by atoms with Gasteiger partial charge in [-0.2, -0.15) is 0 Å². The van der Waals surface area contributed by atoms with Gasteiger partial charge in [-0.1, -0.05) is 12.2 Å². The number of rotatable bonds is 3. The molecule has 0 aliphatic heterocycles. The molecular formula is C10H16O. The third kappa shape index (κ3) is 2.51. The van der Waals surface area contributed by atoms with Crippen molar-refractivity contribution in [1.82, 2.24) is 0 Å². The lowest BCUT2D eigenvalue weighted by Gasteiger charge is -2.18. The van der Waals surface area contributed by atoms with Gasteiger partial charge >= 0.3 is 0 Å². The van der Waals surface area contributed by atoms with Gasteiger partial charge in [0.05, 0.1) is 6.10 Å². The molecule has 1 atom stereocenters. The minimum atomic E-state index is -0.163. The molecule has 0 saturated heterocycles. The van der Waals surface area contributed by atoms with Crippen molar-refractivity contribution < 1.29 is 5.11 Å². The minimum absolute atomic E-state index is 0.163. The second kappa shape index (κ2) is 4.35. The molecule has 0 aromatic rings. The fourth-order valence-corrected chi connectivity index (χ4v) is 1.46. The van der Waals surface area contributed by atoms with Crippen molar-refractivity contribution in [2.75, 3.05) is 0 Å². The molecule has 0 aromatic heterocycles. The van der Waals surface area contributed by atoms with Gasteiger partial charge in [-0.25, -0.2) is 0 Å². The average molecular weight is 152 g/mol. The number of aliphatic hydroxyl groups excluding tert-OH is 1. The van der Waals surface area contributed by atoms with E-state index in [1.807, 2.05) is 6.08 Å². The Hall–Kier alpha value is -0.560. The van der Waals surface area contributed by atoms with E-state index in [-0.39, 0.29) is 6.10 Å². The van der Waals surface area contributed by atoms with E-state index in [9.17, 15) is 5.11 Å². The van der Waals surface area contributed by atoms with Crippen molar-refractivity contribution in [3.63, 3.8) is 0 Å². The quantitative estimate of drug-likeness (QED) is 0.616. The molecule has 0 unspecified atom stereocenters. The molecule has 0 saturated carbocycles. The highest BCUT2D eigenvalue weighted by atomic mass is 16.3. The van der Waals surface area contributed by atoms with Gasteiger partial charge in [0.15, 0.2) is 0 Å². The first kappa shape index (κ1) is 8.54. The summed E-state index contributed by atoms with van der Waals surface area (Å²) >= 11 is 0. The van der Waals surface area contributed by atoms with Crippen molar-refractivity contribution in [2.24, 2.45) is 0 Å². The summed E-state index contributed by atoms with van der Waals surface area (Å²) in [5.41, 5.74) is 1.22. The Morgan fingerprint density at radius 2 is 2.55 bits per heavy atom. The summed E-state index contributed by atoms with van der Waals surface area (Å²) in [6.07, 6.45) is 9.13. The molecule has 0 spiro atoms. The molecule has 1 N–H and O–H groups in total. The lowest BCUT2D eigenvalue weighted by molar-refractivity contribution is 0.187. The molecule has 0 bridgehead atoms. The van der Waals surface area contributed by atoms with Gasteiger partial charge in [-0.15, -0.1) is 6.58 Å². The third-order valence-electron chi connectivity index (χ3n) is 2.15. The van der Waals surface area contributed by atoms with Crippen LogP contribution in [0.4, 0.5) is 0 Å². The summed E-state index contributed by atoms with van der Waals surface area (Å²) in [6, 6.07) is 0. The molecular weight excluding hydrogens is 136 g/mol. The Balaban J connectivity index is 2.40. The Morgan fingerprint density at radius 3 is 3.18 bits per heavy atom. The van der Waals surface area contributed by atoms with Crippen LogP contribution in [0.2, 0.25) is 0 Å². The van der Waals surface area contributed by atoms with E-state index >= 15 is 0 Å². The highest BCUT2D eigenvalue weighted by Gasteiger charge is 2.12. The highest BCUT2D eigenvalue weighted by Crippen LogP contribution is 2.21. The van der Waals surface area contributed by atoms with E-state index in [0.717, 1.165) is 32.1 Å². The lowest BCUT2D eigenvalue weighted by Crippen LogP contribution is -2.13. The van der Waals surface area contributed by atoms with E-state index in [1.165, 1.54) is 5.57 Å². The second-order valence-electron chi connectivity index (χ2n) is 3.05. The second-order valence-corrected chi connectivity index (χ2v) is 3.05. The molecule has 1 aliphatic rings. The molecule has 1 nitrogen and oxygen atoms in total. The van der Waals surface area contributed by atoms with Crippen LogP contribution < -0.4 is 0 Å². The highest BCUT2D eigenvalue weighted by molar-refractivity contribution is 5.11. The molecule has 0 amide bonds. The Kier molecular flexibility index (Phi) is 3.37. The normalized spacial score (nSPS) is 24.5. The maximum atomic E-state index is 9.49. The van der Waals surface area contributed by atoms with Crippen LogP contribution in [0.1, 0.15) is 32.1 Å². The van der Waals surface area contributed by atoms with E-state index in [4.69, 9.17) is 0 Å². The first-order valence-corrected chi connectivity index (χ1v) is 4.32. The number of aliphatic hydroxyl groups is 1. The molecule has 11 heavy (non-hydrogen) atoms. The van der Waals surface area contributed by atoms with E-state index < -0.39 is 0 Å². The van der Waals surface area contributed by atoms with E-state index in [2.05, 4.69) is 12.7 Å². The van der Waals surface area contributed by atoms with Gasteiger partial charge in [0, 0.05) is 0 Å². The third-order valence-corrected chi connectivity index (χ3v) is 2.15. The zero-order valence-electron chi connectivity index (χ0n) is 6.92. The summed E-state index contributed by atoms with van der Waals surface area (Å²) in [5, 5.41) is 9.49. The van der Waals surface area contributed by atoms with Gasteiger partial charge in [0.2, 0.25) is 0 Å². The SMILES string of the molecule is C=CCCC1=CCCC[C@H]1O. The molecule has 0 aromatic carbocycles. The van der Waals surface area contributed by atoms with Crippen molar-refractivity contribution >= 4 is 0 Å². The van der Waals surface area contributed by atoms with Crippen molar-refractivity contribution in [1.29, 1.82) is 0 Å². The van der Waals surface area contributed by atoms with Crippen molar-refractivity contribution in [2.45, 2.75) is 38.2 Å². The van der Waals surface area contributed by atoms with E-state index in [1.54, 1.807) is 0 Å². The summed E-state index contributed by atoms with van der Waals surface area (Å²) in [5.74, 6) is 0. The maximum Gasteiger partial charge on any atom is 0.0750 e. The molecule has 0 fully saturated rings. The molecule has 1 aliphatic carbocycles. The fourth-order valence-electron chi connectivity index (χ4n) is 1.46. The van der Waals surface area contributed by atoms with E-state index in [0.29, 0.717) is 0 Å². The minimum Gasteiger partial charge on any atom is -0.389 e. The fraction of sp³-hybridized carbons (Fsp3) is 0.600. The zero-order valence-corrected chi connectivity index (χ0v) is 6.92. The van der Waals surface area contributed by atoms with Gasteiger partial charge in [-0.05, 0) is 37.7 Å². The van der Waals surface area contributed by atoms with Crippen LogP contribution in [-0.2, 0) is 0 Å². The van der Waals surface area contributed by atoms with Gasteiger partial charge in [0.1, 0.15) is 0 Å². The number of allylic oxidation sites excluding steroid dienone is 2. The lowest BCUT2D eigenvalue weighted by atomic mass is 9.93. The molecule has 1 rings (SSSR count). The summed E-state index contributed by atoms with van der Waals surface area (Å²) in [6.45, 7) is 3.66. The molecule has 1 heteroatoms. The van der Waals surface area contributed by atoms with Crippen LogP contribution in [0.25, 0.3) is 0 Å². The van der Waals surface area contributed by atoms with Gasteiger partial charge in [0.25, 0.3) is 0 Å². The van der Waals surface area contributed by atoms with Crippen LogP contribution >= 0.6 is 0 Å². The number of hydrogen-bond acceptors (Lipinski definition) is 1. The van der Waals surface area contributed by atoms with Crippen LogP contribution in [0, 0.1) is 0 Å². The Labute approximate surface area is 68.4 Å². The number of hydrogen-bond donors (Lipinski definition) is 1. The molecule has 0 heterocycles.